The van der Waals surface area contributed by atoms with Gasteiger partial charge >= 0.3 is 0 Å². The van der Waals surface area contributed by atoms with Gasteiger partial charge in [0, 0.05) is 19.8 Å². The van der Waals surface area contributed by atoms with Crippen LogP contribution in [-0.2, 0) is 11.3 Å². The Balaban J connectivity index is 2.34. The summed E-state index contributed by atoms with van der Waals surface area (Å²) in [4.78, 5) is 4.24. The second-order valence-electron chi connectivity index (χ2n) is 3.24. The predicted octanol–water partition coefficient (Wildman–Crippen LogP) is 1.92. The zero-order chi connectivity index (χ0) is 11.4. The first-order valence-electron chi connectivity index (χ1n) is 4.94. The van der Waals surface area contributed by atoms with Crippen molar-refractivity contribution in [1.29, 1.82) is 0 Å². The number of hydrogen-bond donors (Lipinski definition) is 1. The molecule has 5 nitrogen and oxygen atoms in total. The molecule has 0 aliphatic heterocycles. The van der Waals surface area contributed by atoms with E-state index in [1.54, 1.807) is 7.11 Å². The molecule has 0 atom stereocenters. The van der Waals surface area contributed by atoms with Gasteiger partial charge in [-0.2, -0.15) is 4.98 Å². The van der Waals surface area contributed by atoms with Crippen LogP contribution in [0, 0.1) is 0 Å². The van der Waals surface area contributed by atoms with E-state index in [2.05, 4.69) is 15.5 Å². The smallest absolute Gasteiger partial charge is 0.260 e. The molecule has 5 heteroatoms. The number of rotatable bonds is 4. The van der Waals surface area contributed by atoms with E-state index in [-0.39, 0.29) is 0 Å². The minimum atomic E-state index is 0.352. The van der Waals surface area contributed by atoms with Gasteiger partial charge in [-0.15, -0.1) is 0 Å². The summed E-state index contributed by atoms with van der Waals surface area (Å²) in [6.07, 6.45) is 0. The van der Waals surface area contributed by atoms with Crippen LogP contribution in [0.5, 0.6) is 0 Å². The molecule has 0 radical (unpaired) electrons. The van der Waals surface area contributed by atoms with Gasteiger partial charge in [-0.05, 0) is 12.1 Å². The number of hydrogen-bond acceptors (Lipinski definition) is 5. The lowest BCUT2D eigenvalue weighted by atomic mass is 10.2. The molecule has 1 aromatic heterocycles. The van der Waals surface area contributed by atoms with Crippen molar-refractivity contribution in [2.75, 3.05) is 19.5 Å². The average Bonchev–Trinajstić information content (AvgIpc) is 2.78. The maximum Gasteiger partial charge on any atom is 0.260 e. The van der Waals surface area contributed by atoms with E-state index in [1.165, 1.54) is 0 Å². The fourth-order valence-electron chi connectivity index (χ4n) is 1.44. The van der Waals surface area contributed by atoms with E-state index in [1.807, 2.05) is 31.3 Å². The normalized spacial score (nSPS) is 10.4. The van der Waals surface area contributed by atoms with Gasteiger partial charge in [-0.25, -0.2) is 0 Å². The Morgan fingerprint density at radius 3 is 2.94 bits per heavy atom. The number of aromatic nitrogens is 2. The van der Waals surface area contributed by atoms with Gasteiger partial charge in [0.05, 0.1) is 5.56 Å². The van der Waals surface area contributed by atoms with Crippen molar-refractivity contribution in [3.8, 4) is 11.5 Å². The largest absolute Gasteiger partial charge is 0.387 e. The van der Waals surface area contributed by atoms with Crippen LogP contribution < -0.4 is 5.32 Å². The Hall–Kier alpha value is -1.88. The Morgan fingerprint density at radius 1 is 1.38 bits per heavy atom. The van der Waals surface area contributed by atoms with E-state index in [0.717, 1.165) is 11.3 Å². The molecule has 0 saturated carbocycles. The first-order valence-corrected chi connectivity index (χ1v) is 4.94. The molecule has 0 spiro atoms. The summed E-state index contributed by atoms with van der Waals surface area (Å²) in [7, 11) is 3.45. The lowest BCUT2D eigenvalue weighted by Crippen LogP contribution is -1.92. The summed E-state index contributed by atoms with van der Waals surface area (Å²) < 4.78 is 10.1. The molecule has 0 bridgehead atoms. The fraction of sp³-hybridized carbons (Fsp3) is 0.273. The van der Waals surface area contributed by atoms with Gasteiger partial charge in [-0.1, -0.05) is 17.3 Å². The summed E-state index contributed by atoms with van der Waals surface area (Å²) in [5.41, 5.74) is 1.84. The highest BCUT2D eigenvalue weighted by Gasteiger charge is 2.11. The Labute approximate surface area is 93.4 Å². The summed E-state index contributed by atoms with van der Waals surface area (Å²) >= 11 is 0. The second kappa shape index (κ2) is 4.76. The Morgan fingerprint density at radius 2 is 2.19 bits per heavy atom. The molecule has 1 N–H and O–H groups in total. The molecule has 2 rings (SSSR count). The molecular weight excluding hydrogens is 206 g/mol. The van der Waals surface area contributed by atoms with Crippen molar-refractivity contribution in [2.24, 2.45) is 0 Å². The lowest BCUT2D eigenvalue weighted by molar-refractivity contribution is 0.174. The Kier molecular flexibility index (Phi) is 3.16. The van der Waals surface area contributed by atoms with Crippen molar-refractivity contribution >= 4 is 5.69 Å². The Bertz CT molecular complexity index is 468. The zero-order valence-corrected chi connectivity index (χ0v) is 9.23. The van der Waals surface area contributed by atoms with E-state index < -0.39 is 0 Å². The molecule has 1 heterocycles. The number of nitrogens with zero attached hydrogens (tertiary/aromatic N) is 2. The van der Waals surface area contributed by atoms with Crippen LogP contribution >= 0.6 is 0 Å². The number of para-hydroxylation sites is 1. The maximum absolute atomic E-state index is 5.16. The molecule has 0 fully saturated rings. The second-order valence-corrected chi connectivity index (χ2v) is 3.24. The summed E-state index contributed by atoms with van der Waals surface area (Å²) in [6.45, 7) is 0.352. The van der Waals surface area contributed by atoms with Crippen molar-refractivity contribution in [2.45, 2.75) is 6.61 Å². The molecule has 0 aliphatic carbocycles. The number of ether oxygens (including phenoxy) is 1. The SMILES string of the molecule is CNc1ccccc1-c1nc(COC)no1. The number of anilines is 1. The highest BCUT2D eigenvalue weighted by atomic mass is 16.5. The predicted molar refractivity (Wildman–Crippen MR) is 60.0 cm³/mol. The van der Waals surface area contributed by atoms with Gasteiger partial charge in [-0.3, -0.25) is 0 Å². The van der Waals surface area contributed by atoms with Crippen molar-refractivity contribution < 1.29 is 9.26 Å². The van der Waals surface area contributed by atoms with E-state index in [4.69, 9.17) is 9.26 Å². The first kappa shape index (κ1) is 10.6. The van der Waals surface area contributed by atoms with Crippen molar-refractivity contribution in [3.63, 3.8) is 0 Å². The molecule has 2 aromatic rings. The van der Waals surface area contributed by atoms with Gasteiger partial charge < -0.3 is 14.6 Å². The summed E-state index contributed by atoms with van der Waals surface area (Å²) in [6, 6.07) is 7.75. The van der Waals surface area contributed by atoms with Crippen LogP contribution in [0.1, 0.15) is 5.82 Å². The molecule has 0 amide bonds. The van der Waals surface area contributed by atoms with Crippen LogP contribution in [0.25, 0.3) is 11.5 Å². The number of methoxy groups -OCH3 is 1. The highest BCUT2D eigenvalue weighted by Crippen LogP contribution is 2.25. The minimum absolute atomic E-state index is 0.352. The molecule has 0 aliphatic rings. The number of benzene rings is 1. The standard InChI is InChI=1S/C11H13N3O2/c1-12-9-6-4-3-5-8(9)11-13-10(7-15-2)14-16-11/h3-6,12H,7H2,1-2H3. The summed E-state index contributed by atoms with van der Waals surface area (Å²) in [5, 5.41) is 6.90. The molecule has 16 heavy (non-hydrogen) atoms. The van der Waals surface area contributed by atoms with Crippen molar-refractivity contribution in [1.82, 2.24) is 10.1 Å². The van der Waals surface area contributed by atoms with E-state index in [9.17, 15) is 0 Å². The molecule has 0 saturated heterocycles. The lowest BCUT2D eigenvalue weighted by Gasteiger charge is -2.03. The molecule has 84 valence electrons. The van der Waals surface area contributed by atoms with Gasteiger partial charge in [0.15, 0.2) is 5.82 Å². The highest BCUT2D eigenvalue weighted by molar-refractivity contribution is 5.71. The first-order chi connectivity index (χ1) is 7.85. The number of nitrogens with one attached hydrogen (secondary N) is 1. The van der Waals surface area contributed by atoms with Crippen LogP contribution in [-0.4, -0.2) is 24.3 Å². The van der Waals surface area contributed by atoms with Gasteiger partial charge in [0.1, 0.15) is 6.61 Å². The molecular formula is C11H13N3O2. The maximum atomic E-state index is 5.16. The third kappa shape index (κ3) is 2.04. The van der Waals surface area contributed by atoms with Crippen LogP contribution in [0.4, 0.5) is 5.69 Å². The van der Waals surface area contributed by atoms with E-state index >= 15 is 0 Å². The van der Waals surface area contributed by atoms with E-state index in [0.29, 0.717) is 18.3 Å². The van der Waals surface area contributed by atoms with Crippen LogP contribution in [0.15, 0.2) is 28.8 Å². The van der Waals surface area contributed by atoms with Crippen LogP contribution in [0.2, 0.25) is 0 Å². The van der Waals surface area contributed by atoms with Gasteiger partial charge in [0.25, 0.3) is 5.89 Å². The average molecular weight is 219 g/mol. The van der Waals surface area contributed by atoms with Crippen molar-refractivity contribution in [3.05, 3.63) is 30.1 Å². The topological polar surface area (TPSA) is 60.2 Å². The third-order valence-corrected chi connectivity index (χ3v) is 2.17. The quantitative estimate of drug-likeness (QED) is 0.851. The summed E-state index contributed by atoms with van der Waals surface area (Å²) in [5.74, 6) is 1.04. The van der Waals surface area contributed by atoms with Crippen LogP contribution in [0.3, 0.4) is 0 Å². The zero-order valence-electron chi connectivity index (χ0n) is 9.23. The fourth-order valence-corrected chi connectivity index (χ4v) is 1.44. The minimum Gasteiger partial charge on any atom is -0.387 e. The third-order valence-electron chi connectivity index (χ3n) is 2.17. The monoisotopic (exact) mass is 219 g/mol. The van der Waals surface area contributed by atoms with Gasteiger partial charge in [0.2, 0.25) is 0 Å². The molecule has 0 unspecified atom stereocenters. The molecule has 1 aromatic carbocycles.